The number of benzene rings is 1. The fraction of sp³-hybridized carbons (Fsp3) is 0.385. The van der Waals surface area contributed by atoms with Crippen LogP contribution in [0, 0.1) is 11.3 Å². The Labute approximate surface area is 107 Å². The van der Waals surface area contributed by atoms with Gasteiger partial charge in [0.25, 0.3) is 0 Å². The lowest BCUT2D eigenvalue weighted by molar-refractivity contribution is -0.120. The molecule has 0 saturated heterocycles. The molecule has 0 aliphatic heterocycles. The zero-order valence-electron chi connectivity index (χ0n) is 10.4. The Balaban J connectivity index is 2.33. The molecule has 1 aromatic rings. The Morgan fingerprint density at radius 1 is 1.50 bits per heavy atom. The van der Waals surface area contributed by atoms with E-state index in [0.29, 0.717) is 13.2 Å². The van der Waals surface area contributed by atoms with Crippen LogP contribution in [0.3, 0.4) is 0 Å². The maximum atomic E-state index is 11.2. The van der Waals surface area contributed by atoms with E-state index in [2.05, 4.69) is 10.6 Å². The molecule has 0 aliphatic rings. The van der Waals surface area contributed by atoms with Crippen molar-refractivity contribution in [2.45, 2.75) is 13.5 Å². The molecule has 0 bridgehead atoms. The Morgan fingerprint density at radius 2 is 2.33 bits per heavy atom. The maximum Gasteiger partial charge on any atom is 0.234 e. The van der Waals surface area contributed by atoms with E-state index in [1.165, 1.54) is 0 Å². The van der Waals surface area contributed by atoms with Crippen LogP contribution in [0.25, 0.3) is 0 Å². The van der Waals surface area contributed by atoms with E-state index >= 15 is 0 Å². The summed E-state index contributed by atoms with van der Waals surface area (Å²) in [5.74, 6) is 0.642. The van der Waals surface area contributed by atoms with E-state index in [1.807, 2.05) is 37.3 Å². The molecule has 0 unspecified atom stereocenters. The van der Waals surface area contributed by atoms with Gasteiger partial charge in [0, 0.05) is 6.54 Å². The highest BCUT2D eigenvalue weighted by Gasteiger charge is 2.00. The smallest absolute Gasteiger partial charge is 0.234 e. The molecule has 18 heavy (non-hydrogen) atoms. The number of rotatable bonds is 7. The first-order valence-electron chi connectivity index (χ1n) is 5.82. The number of carbonyl (C=O) groups is 1. The van der Waals surface area contributed by atoms with Crippen molar-refractivity contribution in [1.82, 2.24) is 10.6 Å². The van der Waals surface area contributed by atoms with Crippen LogP contribution in [-0.4, -0.2) is 25.6 Å². The molecular weight excluding hydrogens is 230 g/mol. The normalized spacial score (nSPS) is 9.56. The van der Waals surface area contributed by atoms with Gasteiger partial charge in [-0.2, -0.15) is 5.26 Å². The van der Waals surface area contributed by atoms with Crippen LogP contribution < -0.4 is 15.4 Å². The minimum atomic E-state index is -0.183. The number of nitriles is 1. The van der Waals surface area contributed by atoms with Crippen LogP contribution in [0.5, 0.6) is 5.75 Å². The number of hydrogen-bond acceptors (Lipinski definition) is 4. The SMILES string of the molecule is CCOc1cccc(CNCC(=O)NCC#N)c1. The zero-order chi connectivity index (χ0) is 13.2. The Kier molecular flexibility index (Phi) is 6.30. The molecule has 1 amide bonds. The van der Waals surface area contributed by atoms with Crippen LogP contribution in [-0.2, 0) is 11.3 Å². The lowest BCUT2D eigenvalue weighted by Crippen LogP contribution is -2.33. The highest BCUT2D eigenvalue weighted by molar-refractivity contribution is 5.78. The number of amides is 1. The molecule has 0 aromatic heterocycles. The summed E-state index contributed by atoms with van der Waals surface area (Å²) in [7, 11) is 0. The van der Waals surface area contributed by atoms with Gasteiger partial charge in [0.2, 0.25) is 5.91 Å². The summed E-state index contributed by atoms with van der Waals surface area (Å²) in [5, 5.41) is 13.8. The first-order valence-corrected chi connectivity index (χ1v) is 5.82. The van der Waals surface area contributed by atoms with Gasteiger partial charge in [-0.3, -0.25) is 4.79 Å². The van der Waals surface area contributed by atoms with E-state index in [1.54, 1.807) is 0 Å². The predicted molar refractivity (Wildman–Crippen MR) is 67.9 cm³/mol. The molecule has 2 N–H and O–H groups in total. The van der Waals surface area contributed by atoms with Gasteiger partial charge in [0.15, 0.2) is 0 Å². The van der Waals surface area contributed by atoms with Crippen LogP contribution in [0.4, 0.5) is 0 Å². The Bertz CT molecular complexity index is 426. The second-order valence-electron chi connectivity index (χ2n) is 3.62. The first-order chi connectivity index (χ1) is 8.76. The quantitative estimate of drug-likeness (QED) is 0.699. The molecule has 1 rings (SSSR count). The molecule has 0 aliphatic carbocycles. The molecule has 0 atom stereocenters. The molecule has 0 heterocycles. The topological polar surface area (TPSA) is 74.2 Å². The first kappa shape index (κ1) is 14.0. The van der Waals surface area contributed by atoms with Crippen molar-refractivity contribution in [3.05, 3.63) is 29.8 Å². The van der Waals surface area contributed by atoms with Gasteiger partial charge in [0.1, 0.15) is 12.3 Å². The Morgan fingerprint density at radius 3 is 3.06 bits per heavy atom. The van der Waals surface area contributed by atoms with Gasteiger partial charge in [0.05, 0.1) is 19.2 Å². The van der Waals surface area contributed by atoms with Crippen molar-refractivity contribution in [3.8, 4) is 11.8 Å². The van der Waals surface area contributed by atoms with Gasteiger partial charge in [-0.15, -0.1) is 0 Å². The van der Waals surface area contributed by atoms with E-state index in [9.17, 15) is 4.79 Å². The molecule has 0 spiro atoms. The van der Waals surface area contributed by atoms with Crippen molar-refractivity contribution in [1.29, 1.82) is 5.26 Å². The Hall–Kier alpha value is -2.06. The van der Waals surface area contributed by atoms with Gasteiger partial charge >= 0.3 is 0 Å². The molecule has 96 valence electrons. The van der Waals surface area contributed by atoms with E-state index in [0.717, 1.165) is 11.3 Å². The third-order valence-corrected chi connectivity index (χ3v) is 2.19. The summed E-state index contributed by atoms with van der Waals surface area (Å²) in [4.78, 5) is 11.2. The summed E-state index contributed by atoms with van der Waals surface area (Å²) >= 11 is 0. The second kappa shape index (κ2) is 8.09. The van der Waals surface area contributed by atoms with Crippen molar-refractivity contribution in [2.75, 3.05) is 19.7 Å². The molecule has 5 nitrogen and oxygen atoms in total. The average Bonchev–Trinajstić information content (AvgIpc) is 2.37. The van der Waals surface area contributed by atoms with Gasteiger partial charge in [-0.1, -0.05) is 12.1 Å². The number of nitrogens with one attached hydrogen (secondary N) is 2. The van der Waals surface area contributed by atoms with E-state index in [4.69, 9.17) is 10.00 Å². The molecule has 0 fully saturated rings. The summed E-state index contributed by atoms with van der Waals surface area (Å²) in [5.41, 5.74) is 1.05. The van der Waals surface area contributed by atoms with Crippen LogP contribution >= 0.6 is 0 Å². The van der Waals surface area contributed by atoms with Gasteiger partial charge < -0.3 is 15.4 Å². The van der Waals surface area contributed by atoms with Crippen LogP contribution in [0.1, 0.15) is 12.5 Å². The summed E-state index contributed by atoms with van der Waals surface area (Å²) in [6.45, 7) is 3.39. The number of hydrogen-bond donors (Lipinski definition) is 2. The average molecular weight is 247 g/mol. The minimum absolute atomic E-state index is 0.0420. The van der Waals surface area contributed by atoms with Crippen LogP contribution in [0.15, 0.2) is 24.3 Å². The fourth-order valence-electron chi connectivity index (χ4n) is 1.43. The maximum absolute atomic E-state index is 11.2. The number of ether oxygens (including phenoxy) is 1. The standard InChI is InChI=1S/C13H17N3O2/c1-2-18-12-5-3-4-11(8-12)9-15-10-13(17)16-7-6-14/h3-5,8,15H,2,7,9-10H2,1H3,(H,16,17). The molecular formula is C13H17N3O2. The van der Waals surface area contributed by atoms with Gasteiger partial charge in [-0.25, -0.2) is 0 Å². The summed E-state index contributed by atoms with van der Waals surface area (Å²) in [6.07, 6.45) is 0. The van der Waals surface area contributed by atoms with Crippen molar-refractivity contribution >= 4 is 5.91 Å². The van der Waals surface area contributed by atoms with E-state index in [-0.39, 0.29) is 19.0 Å². The highest BCUT2D eigenvalue weighted by Crippen LogP contribution is 2.12. The monoisotopic (exact) mass is 247 g/mol. The number of nitrogens with zero attached hydrogens (tertiary/aromatic N) is 1. The largest absolute Gasteiger partial charge is 0.494 e. The van der Waals surface area contributed by atoms with Crippen LogP contribution in [0.2, 0.25) is 0 Å². The minimum Gasteiger partial charge on any atom is -0.494 e. The zero-order valence-corrected chi connectivity index (χ0v) is 10.4. The second-order valence-corrected chi connectivity index (χ2v) is 3.62. The lowest BCUT2D eigenvalue weighted by Gasteiger charge is -2.07. The van der Waals surface area contributed by atoms with Crippen molar-refractivity contribution < 1.29 is 9.53 Å². The third-order valence-electron chi connectivity index (χ3n) is 2.19. The highest BCUT2D eigenvalue weighted by atomic mass is 16.5. The molecule has 0 saturated carbocycles. The summed E-state index contributed by atoms with van der Waals surface area (Å²) in [6, 6.07) is 9.56. The molecule has 1 aromatic carbocycles. The van der Waals surface area contributed by atoms with Crippen molar-refractivity contribution in [3.63, 3.8) is 0 Å². The molecule has 0 radical (unpaired) electrons. The predicted octanol–water partition coefficient (Wildman–Crippen LogP) is 0.815. The summed E-state index contributed by atoms with van der Waals surface area (Å²) < 4.78 is 5.38. The lowest BCUT2D eigenvalue weighted by atomic mass is 10.2. The van der Waals surface area contributed by atoms with Crippen molar-refractivity contribution in [2.24, 2.45) is 0 Å². The van der Waals surface area contributed by atoms with Gasteiger partial charge in [-0.05, 0) is 24.6 Å². The fourth-order valence-corrected chi connectivity index (χ4v) is 1.43. The molecule has 5 heteroatoms. The third kappa shape index (κ3) is 5.32. The number of carbonyl (C=O) groups excluding carboxylic acids is 1. The van der Waals surface area contributed by atoms with E-state index < -0.39 is 0 Å².